The maximum absolute atomic E-state index is 12.1. The van der Waals surface area contributed by atoms with Gasteiger partial charge in [-0.3, -0.25) is 9.52 Å². The molecule has 0 aliphatic heterocycles. The Morgan fingerprint density at radius 2 is 1.48 bits per heavy atom. The number of unbranched alkanes of at least 4 members (excludes halogenated alkanes) is 9. The van der Waals surface area contributed by atoms with E-state index in [4.69, 9.17) is 0 Å². The van der Waals surface area contributed by atoms with E-state index in [0.717, 1.165) is 12.8 Å². The highest BCUT2D eigenvalue weighted by Crippen LogP contribution is 2.15. The lowest BCUT2D eigenvalue weighted by atomic mass is 10.1. The third kappa shape index (κ3) is 10.3. The lowest BCUT2D eigenvalue weighted by Crippen LogP contribution is -2.16. The van der Waals surface area contributed by atoms with Gasteiger partial charge in [-0.15, -0.1) is 0 Å². The normalized spacial score (nSPS) is 11.4. The smallest absolute Gasteiger partial charge is 0.232 e. The van der Waals surface area contributed by atoms with Crippen molar-refractivity contribution in [1.29, 1.82) is 0 Å². The summed E-state index contributed by atoms with van der Waals surface area (Å²) in [6.07, 6.45) is 11.8. The number of hydrogen-bond acceptors (Lipinski definition) is 3. The lowest BCUT2D eigenvalue weighted by Gasteiger charge is -2.09. The van der Waals surface area contributed by atoms with Gasteiger partial charge in [-0.1, -0.05) is 76.8 Å². The second-order valence-corrected chi connectivity index (χ2v) is 8.58. The van der Waals surface area contributed by atoms with Gasteiger partial charge in [-0.2, -0.15) is 0 Å². The minimum absolute atomic E-state index is 0.0734. The van der Waals surface area contributed by atoms with E-state index < -0.39 is 10.0 Å². The van der Waals surface area contributed by atoms with Crippen molar-refractivity contribution in [2.45, 2.75) is 78.1 Å². The Morgan fingerprint density at radius 1 is 0.920 bits per heavy atom. The molecule has 0 saturated carbocycles. The van der Waals surface area contributed by atoms with E-state index in [1.54, 1.807) is 24.3 Å². The molecule has 1 N–H and O–H groups in total. The molecule has 0 aliphatic rings. The van der Waals surface area contributed by atoms with Gasteiger partial charge in [0.15, 0.2) is 5.78 Å². The number of ketones is 1. The molecule has 0 fully saturated rings. The number of nitrogens with one attached hydrogen (secondary N) is 1. The van der Waals surface area contributed by atoms with Crippen molar-refractivity contribution in [3.63, 3.8) is 0 Å². The molecule has 0 spiro atoms. The Kier molecular flexibility index (Phi) is 10.5. The molecule has 5 heteroatoms. The van der Waals surface area contributed by atoms with Crippen LogP contribution in [0.25, 0.3) is 0 Å². The van der Waals surface area contributed by atoms with Gasteiger partial charge in [0.25, 0.3) is 0 Å². The van der Waals surface area contributed by atoms with Crippen LogP contribution in [0.3, 0.4) is 0 Å². The molecule has 1 aromatic rings. The molecule has 0 aliphatic carbocycles. The second kappa shape index (κ2) is 12.1. The minimum atomic E-state index is -3.35. The predicted octanol–water partition coefficient (Wildman–Crippen LogP) is 5.55. The highest BCUT2D eigenvalue weighted by molar-refractivity contribution is 7.92. The Hall–Kier alpha value is -1.36. The van der Waals surface area contributed by atoms with Crippen LogP contribution >= 0.6 is 0 Å². The standard InChI is InChI=1S/C20H33NO3S/c1-3-4-5-6-7-8-9-10-11-12-16-25(23,24)21-20-15-13-14-19(17-20)18(2)22/h13-15,17,21H,3-12,16H2,1-2H3. The Morgan fingerprint density at radius 3 is 2.04 bits per heavy atom. The topological polar surface area (TPSA) is 63.2 Å². The molecule has 0 saturated heterocycles. The maximum atomic E-state index is 12.1. The highest BCUT2D eigenvalue weighted by Gasteiger charge is 2.11. The number of anilines is 1. The van der Waals surface area contributed by atoms with E-state index in [1.165, 1.54) is 51.9 Å². The molecule has 142 valence electrons. The molecule has 1 aromatic carbocycles. The molecular weight excluding hydrogens is 334 g/mol. The molecular formula is C20H33NO3S. The third-order valence-corrected chi connectivity index (χ3v) is 5.68. The van der Waals surface area contributed by atoms with E-state index in [9.17, 15) is 13.2 Å². The first-order valence-electron chi connectivity index (χ1n) is 9.56. The first kappa shape index (κ1) is 21.7. The Labute approximate surface area is 153 Å². The van der Waals surface area contributed by atoms with E-state index in [-0.39, 0.29) is 11.5 Å². The summed E-state index contributed by atoms with van der Waals surface area (Å²) in [5.41, 5.74) is 0.971. The summed E-state index contributed by atoms with van der Waals surface area (Å²) in [7, 11) is -3.35. The van der Waals surface area contributed by atoms with Gasteiger partial charge in [0.05, 0.1) is 5.75 Å². The van der Waals surface area contributed by atoms with Crippen LogP contribution in [0.1, 0.15) is 88.4 Å². The zero-order chi connectivity index (χ0) is 18.5. The zero-order valence-corrected chi connectivity index (χ0v) is 16.5. The molecule has 0 heterocycles. The fourth-order valence-corrected chi connectivity index (χ4v) is 3.98. The summed E-state index contributed by atoms with van der Waals surface area (Å²) in [4.78, 5) is 11.4. The van der Waals surface area contributed by atoms with Gasteiger partial charge in [-0.25, -0.2) is 8.42 Å². The molecule has 0 aromatic heterocycles. The number of hydrogen-bond donors (Lipinski definition) is 1. The molecule has 0 atom stereocenters. The van der Waals surface area contributed by atoms with E-state index in [2.05, 4.69) is 11.6 Å². The van der Waals surface area contributed by atoms with Crippen LogP contribution in [0.15, 0.2) is 24.3 Å². The summed E-state index contributed by atoms with van der Waals surface area (Å²) in [6.45, 7) is 3.69. The number of benzene rings is 1. The number of sulfonamides is 1. The third-order valence-electron chi connectivity index (χ3n) is 4.31. The summed E-state index contributed by atoms with van der Waals surface area (Å²) >= 11 is 0. The van der Waals surface area contributed by atoms with E-state index in [1.807, 2.05) is 0 Å². The van der Waals surface area contributed by atoms with Gasteiger partial charge in [-0.05, 0) is 25.5 Å². The Balaban J connectivity index is 2.19. The number of carbonyl (C=O) groups is 1. The molecule has 0 bridgehead atoms. The molecule has 0 amide bonds. The van der Waals surface area contributed by atoms with Crippen molar-refractivity contribution >= 4 is 21.5 Å². The van der Waals surface area contributed by atoms with Crippen LogP contribution < -0.4 is 4.72 Å². The van der Waals surface area contributed by atoms with Gasteiger partial charge in [0, 0.05) is 11.3 Å². The van der Waals surface area contributed by atoms with Gasteiger partial charge in [0.2, 0.25) is 10.0 Å². The van der Waals surface area contributed by atoms with Crippen molar-refractivity contribution in [3.05, 3.63) is 29.8 Å². The fraction of sp³-hybridized carbons (Fsp3) is 0.650. The van der Waals surface area contributed by atoms with Crippen molar-refractivity contribution < 1.29 is 13.2 Å². The average molecular weight is 368 g/mol. The van der Waals surface area contributed by atoms with Gasteiger partial charge in [0.1, 0.15) is 0 Å². The number of rotatable bonds is 14. The van der Waals surface area contributed by atoms with Crippen LogP contribution in [-0.2, 0) is 10.0 Å². The molecule has 0 radical (unpaired) electrons. The largest absolute Gasteiger partial charge is 0.295 e. The monoisotopic (exact) mass is 367 g/mol. The van der Waals surface area contributed by atoms with Crippen molar-refractivity contribution in [1.82, 2.24) is 0 Å². The highest BCUT2D eigenvalue weighted by atomic mass is 32.2. The van der Waals surface area contributed by atoms with Gasteiger partial charge >= 0.3 is 0 Å². The number of Topliss-reactive ketones (excluding diaryl/α,β-unsaturated/α-hetero) is 1. The number of carbonyl (C=O) groups excluding carboxylic acids is 1. The molecule has 0 unspecified atom stereocenters. The van der Waals surface area contributed by atoms with Crippen molar-refractivity contribution in [2.24, 2.45) is 0 Å². The van der Waals surface area contributed by atoms with Crippen molar-refractivity contribution in [3.8, 4) is 0 Å². The van der Waals surface area contributed by atoms with Crippen LogP contribution in [-0.4, -0.2) is 20.0 Å². The Bertz CT molecular complexity index is 611. The second-order valence-electron chi connectivity index (χ2n) is 6.74. The summed E-state index contributed by atoms with van der Waals surface area (Å²) in [6, 6.07) is 6.62. The van der Waals surface area contributed by atoms with E-state index in [0.29, 0.717) is 17.7 Å². The first-order chi connectivity index (χ1) is 11.9. The van der Waals surface area contributed by atoms with Crippen LogP contribution in [0.5, 0.6) is 0 Å². The SMILES string of the molecule is CCCCCCCCCCCCS(=O)(=O)Nc1cccc(C(C)=O)c1. The van der Waals surface area contributed by atoms with Crippen molar-refractivity contribution in [2.75, 3.05) is 10.5 Å². The first-order valence-corrected chi connectivity index (χ1v) is 11.2. The molecule has 4 nitrogen and oxygen atoms in total. The summed E-state index contributed by atoms with van der Waals surface area (Å²) in [5.74, 6) is 0.0594. The van der Waals surface area contributed by atoms with Crippen LogP contribution in [0.2, 0.25) is 0 Å². The molecule has 1 rings (SSSR count). The van der Waals surface area contributed by atoms with Gasteiger partial charge < -0.3 is 0 Å². The summed E-state index contributed by atoms with van der Waals surface area (Å²) in [5, 5.41) is 0. The predicted molar refractivity (Wildman–Crippen MR) is 106 cm³/mol. The van der Waals surface area contributed by atoms with E-state index >= 15 is 0 Å². The summed E-state index contributed by atoms with van der Waals surface area (Å²) < 4.78 is 26.8. The average Bonchev–Trinajstić information content (AvgIpc) is 2.56. The quantitative estimate of drug-likeness (QED) is 0.346. The van der Waals surface area contributed by atoms with Crippen LogP contribution in [0.4, 0.5) is 5.69 Å². The molecule has 25 heavy (non-hydrogen) atoms. The fourth-order valence-electron chi connectivity index (χ4n) is 2.81. The van der Waals surface area contributed by atoms with Crippen LogP contribution in [0, 0.1) is 0 Å². The lowest BCUT2D eigenvalue weighted by molar-refractivity contribution is 0.101. The maximum Gasteiger partial charge on any atom is 0.232 e. The minimum Gasteiger partial charge on any atom is -0.295 e. The zero-order valence-electron chi connectivity index (χ0n) is 15.7.